The lowest BCUT2D eigenvalue weighted by atomic mass is 9.99. The topological polar surface area (TPSA) is 82.0 Å². The van der Waals surface area contributed by atoms with E-state index in [0.717, 1.165) is 22.4 Å². The number of aliphatic hydroxyl groups excluding tert-OH is 1. The summed E-state index contributed by atoms with van der Waals surface area (Å²) in [6, 6.07) is 26.2. The lowest BCUT2D eigenvalue weighted by Crippen LogP contribution is -2.50. The predicted molar refractivity (Wildman–Crippen MR) is 125 cm³/mol. The van der Waals surface area contributed by atoms with Crippen LogP contribution >= 0.6 is 0 Å². The normalized spacial score (nSPS) is 12.7. The maximum absolute atomic E-state index is 12.2. The van der Waals surface area contributed by atoms with Crippen LogP contribution in [-0.4, -0.2) is 47.0 Å². The largest absolute Gasteiger partial charge is 0.497 e. The number of methoxy groups -OCH3 is 1. The molecule has 0 aromatic heterocycles. The Bertz CT molecular complexity index is 966. The Hall–Kier alpha value is -3.35. The average molecular weight is 435 g/mol. The second-order valence-electron chi connectivity index (χ2n) is 7.70. The number of benzene rings is 3. The molecule has 1 amide bonds. The minimum atomic E-state index is -1.05. The number of rotatable bonds is 11. The van der Waals surface area contributed by atoms with E-state index in [4.69, 9.17) is 4.74 Å². The van der Waals surface area contributed by atoms with Gasteiger partial charge in [-0.05, 0) is 35.2 Å². The summed E-state index contributed by atoms with van der Waals surface area (Å²) in [7, 11) is 1.62. The Balaban J connectivity index is 1.73. The Morgan fingerprint density at radius 2 is 1.56 bits per heavy atom. The summed E-state index contributed by atoms with van der Waals surface area (Å²) < 4.78 is 5.25. The van der Waals surface area contributed by atoms with Crippen LogP contribution in [-0.2, 0) is 19.5 Å². The number of amides is 1. The Morgan fingerprint density at radius 3 is 2.19 bits per heavy atom. The molecule has 0 spiro atoms. The molecule has 0 heterocycles. The molecular weight excluding hydrogens is 404 g/mol. The first-order valence-electron chi connectivity index (χ1n) is 10.7. The smallest absolute Gasteiger partial charge is 0.407 e. The van der Waals surface area contributed by atoms with Gasteiger partial charge in [0.05, 0.1) is 19.3 Å². The molecule has 3 aromatic carbocycles. The third kappa shape index (κ3) is 6.83. The number of hydrogen-bond donors (Lipinski definition) is 3. The van der Waals surface area contributed by atoms with Crippen molar-refractivity contribution in [3.63, 3.8) is 0 Å². The van der Waals surface area contributed by atoms with Gasteiger partial charge in [0.1, 0.15) is 5.75 Å². The summed E-state index contributed by atoms with van der Waals surface area (Å²) in [5.74, 6) is 0.770. The third-order valence-electron chi connectivity index (χ3n) is 5.39. The number of nitrogens with zero attached hydrogens (tertiary/aromatic N) is 1. The van der Waals surface area contributed by atoms with Gasteiger partial charge >= 0.3 is 6.09 Å². The Labute approximate surface area is 189 Å². The number of ether oxygens (including phenoxy) is 1. The molecule has 0 aliphatic carbocycles. The van der Waals surface area contributed by atoms with Crippen molar-refractivity contribution in [2.24, 2.45) is 0 Å². The maximum atomic E-state index is 12.2. The van der Waals surface area contributed by atoms with Crippen molar-refractivity contribution < 1.29 is 19.7 Å². The van der Waals surface area contributed by atoms with Crippen molar-refractivity contribution in [3.05, 3.63) is 102 Å². The van der Waals surface area contributed by atoms with E-state index in [0.29, 0.717) is 13.0 Å². The summed E-state index contributed by atoms with van der Waals surface area (Å²) in [6.07, 6.45) is -1.52. The zero-order valence-electron chi connectivity index (χ0n) is 18.2. The molecule has 168 valence electrons. The molecule has 32 heavy (non-hydrogen) atoms. The second-order valence-corrected chi connectivity index (χ2v) is 7.70. The van der Waals surface area contributed by atoms with E-state index < -0.39 is 18.2 Å². The van der Waals surface area contributed by atoms with Crippen LogP contribution in [0.3, 0.4) is 0 Å². The molecule has 3 N–H and O–H groups in total. The molecule has 6 nitrogen and oxygen atoms in total. The van der Waals surface area contributed by atoms with Crippen molar-refractivity contribution in [1.29, 1.82) is 0 Å². The molecular formula is C26H30N2O4. The summed E-state index contributed by atoms with van der Waals surface area (Å²) in [5, 5.41) is 24.3. The standard InChI is InChI=1S/C26H30N2O4/c1-32-23-14-8-13-22(15-23)17-27-18-25(29)24(16-20-9-4-2-5-10-20)28(26(30)31)19-21-11-6-3-7-12-21/h2-15,24-25,27,29H,16-19H2,1H3,(H,30,31)/t24-,25+/m0/s1. The number of aliphatic hydroxyl groups is 1. The summed E-state index contributed by atoms with van der Waals surface area (Å²) in [5.41, 5.74) is 2.88. The minimum Gasteiger partial charge on any atom is -0.497 e. The molecule has 0 aliphatic rings. The first-order valence-corrected chi connectivity index (χ1v) is 10.7. The van der Waals surface area contributed by atoms with Gasteiger partial charge in [-0.3, -0.25) is 4.90 Å². The molecule has 6 heteroatoms. The van der Waals surface area contributed by atoms with Crippen LogP contribution in [0, 0.1) is 0 Å². The van der Waals surface area contributed by atoms with Crippen LogP contribution in [0.1, 0.15) is 16.7 Å². The summed E-state index contributed by atoms with van der Waals surface area (Å²) in [4.78, 5) is 13.5. The van der Waals surface area contributed by atoms with Crippen LogP contribution in [0.2, 0.25) is 0 Å². The van der Waals surface area contributed by atoms with Gasteiger partial charge in [0.2, 0.25) is 0 Å². The number of hydrogen-bond acceptors (Lipinski definition) is 4. The molecule has 0 fully saturated rings. The van der Waals surface area contributed by atoms with Crippen molar-refractivity contribution in [3.8, 4) is 5.75 Å². The molecule has 0 bridgehead atoms. The van der Waals surface area contributed by atoms with Crippen LogP contribution in [0.25, 0.3) is 0 Å². The van der Waals surface area contributed by atoms with Gasteiger partial charge in [-0.15, -0.1) is 0 Å². The highest BCUT2D eigenvalue weighted by Gasteiger charge is 2.30. The molecule has 0 aliphatic heterocycles. The highest BCUT2D eigenvalue weighted by Crippen LogP contribution is 2.17. The highest BCUT2D eigenvalue weighted by molar-refractivity contribution is 5.65. The van der Waals surface area contributed by atoms with Gasteiger partial charge in [0, 0.05) is 19.6 Å². The SMILES string of the molecule is COc1cccc(CNC[C@@H](O)[C@H](Cc2ccccc2)N(Cc2ccccc2)C(=O)O)c1. The highest BCUT2D eigenvalue weighted by atomic mass is 16.5. The lowest BCUT2D eigenvalue weighted by molar-refractivity contribution is 0.0441. The van der Waals surface area contributed by atoms with Gasteiger partial charge in [0.25, 0.3) is 0 Å². The summed E-state index contributed by atoms with van der Waals surface area (Å²) >= 11 is 0. The number of nitrogens with one attached hydrogen (secondary N) is 1. The van der Waals surface area contributed by atoms with Crippen molar-refractivity contribution in [1.82, 2.24) is 10.2 Å². The van der Waals surface area contributed by atoms with Crippen LogP contribution in [0.15, 0.2) is 84.9 Å². The molecule has 0 radical (unpaired) electrons. The Morgan fingerprint density at radius 1 is 0.938 bits per heavy atom. The van der Waals surface area contributed by atoms with Gasteiger partial charge in [-0.25, -0.2) is 4.79 Å². The fraction of sp³-hybridized carbons (Fsp3) is 0.269. The maximum Gasteiger partial charge on any atom is 0.407 e. The van der Waals surface area contributed by atoms with Crippen molar-refractivity contribution in [2.45, 2.75) is 31.7 Å². The van der Waals surface area contributed by atoms with Gasteiger partial charge < -0.3 is 20.3 Å². The minimum absolute atomic E-state index is 0.209. The van der Waals surface area contributed by atoms with E-state index in [2.05, 4.69) is 5.32 Å². The molecule has 0 saturated carbocycles. The predicted octanol–water partition coefficient (Wildman–Crippen LogP) is 3.94. The lowest BCUT2D eigenvalue weighted by Gasteiger charge is -2.33. The van der Waals surface area contributed by atoms with Gasteiger partial charge in [0.15, 0.2) is 0 Å². The zero-order valence-corrected chi connectivity index (χ0v) is 18.2. The molecule has 0 saturated heterocycles. The third-order valence-corrected chi connectivity index (χ3v) is 5.39. The van der Waals surface area contributed by atoms with Gasteiger partial charge in [-0.2, -0.15) is 0 Å². The number of carbonyl (C=O) groups is 1. The van der Waals surface area contributed by atoms with E-state index in [-0.39, 0.29) is 13.1 Å². The van der Waals surface area contributed by atoms with E-state index in [1.807, 2.05) is 84.9 Å². The fourth-order valence-corrected chi connectivity index (χ4v) is 3.70. The van der Waals surface area contributed by atoms with Crippen molar-refractivity contribution in [2.75, 3.05) is 13.7 Å². The molecule has 3 rings (SSSR count). The fourth-order valence-electron chi connectivity index (χ4n) is 3.70. The Kier molecular flexibility index (Phi) is 8.66. The van der Waals surface area contributed by atoms with Gasteiger partial charge in [-0.1, -0.05) is 72.8 Å². The average Bonchev–Trinajstić information content (AvgIpc) is 2.82. The monoisotopic (exact) mass is 434 g/mol. The number of carboxylic acid groups (broad SMARTS) is 1. The zero-order chi connectivity index (χ0) is 22.8. The molecule has 2 atom stereocenters. The molecule has 0 unspecified atom stereocenters. The first kappa shape index (κ1) is 23.3. The second kappa shape index (κ2) is 11.9. The van der Waals surface area contributed by atoms with E-state index in [1.165, 1.54) is 4.90 Å². The quantitative estimate of drug-likeness (QED) is 0.426. The van der Waals surface area contributed by atoms with E-state index in [1.54, 1.807) is 7.11 Å². The van der Waals surface area contributed by atoms with Crippen LogP contribution in [0.5, 0.6) is 5.75 Å². The van der Waals surface area contributed by atoms with Crippen LogP contribution < -0.4 is 10.1 Å². The van der Waals surface area contributed by atoms with Crippen molar-refractivity contribution >= 4 is 6.09 Å². The molecule has 3 aromatic rings. The first-order chi connectivity index (χ1) is 15.6. The van der Waals surface area contributed by atoms with Crippen LogP contribution in [0.4, 0.5) is 4.79 Å². The van der Waals surface area contributed by atoms with E-state index in [9.17, 15) is 15.0 Å². The van der Waals surface area contributed by atoms with E-state index >= 15 is 0 Å². The summed E-state index contributed by atoms with van der Waals surface area (Å²) in [6.45, 7) is 1.01.